The lowest BCUT2D eigenvalue weighted by Gasteiger charge is -2.12. The zero-order valence-electron chi connectivity index (χ0n) is 19.4. The molecular weight excluding hydrogens is 515 g/mol. The summed E-state index contributed by atoms with van der Waals surface area (Å²) in [5.74, 6) is 1.32. The molecule has 0 spiro atoms. The number of nitrogens with zero attached hydrogens (tertiary/aromatic N) is 1. The first-order chi connectivity index (χ1) is 17.6. The fraction of sp³-hybridized carbons (Fsp3) is 0.214. The van der Waals surface area contributed by atoms with Crippen molar-refractivity contribution in [3.8, 4) is 5.75 Å². The average molecular weight is 539 g/mol. The molecule has 2 heterocycles. The first-order valence-corrected chi connectivity index (χ1v) is 13.3. The third kappa shape index (κ3) is 5.84. The number of fused-ring (bicyclic) bond motifs is 1. The number of aliphatic imine (C=N–C) groups is 1. The number of ether oxygens (including phenoxy) is 1. The fourth-order valence-corrected chi connectivity index (χ4v) is 5.71. The van der Waals surface area contributed by atoms with E-state index in [1.165, 1.54) is 4.88 Å². The minimum absolute atomic E-state index is 0.114. The quantitative estimate of drug-likeness (QED) is 0.233. The van der Waals surface area contributed by atoms with Gasteiger partial charge in [-0.2, -0.15) is 0 Å². The van der Waals surface area contributed by atoms with E-state index in [0.29, 0.717) is 34.5 Å². The molecule has 0 radical (unpaired) electrons. The van der Waals surface area contributed by atoms with Crippen LogP contribution in [0.3, 0.4) is 0 Å². The van der Waals surface area contributed by atoms with E-state index in [9.17, 15) is 4.79 Å². The predicted molar refractivity (Wildman–Crippen MR) is 145 cm³/mol. The second kappa shape index (κ2) is 11.3. The van der Waals surface area contributed by atoms with Crippen LogP contribution in [0.1, 0.15) is 50.5 Å². The maximum absolute atomic E-state index is 13.2. The van der Waals surface area contributed by atoms with Gasteiger partial charge in [0, 0.05) is 11.1 Å². The summed E-state index contributed by atoms with van der Waals surface area (Å²) in [6.07, 6.45) is 7.51. The van der Waals surface area contributed by atoms with Crippen molar-refractivity contribution in [3.05, 3.63) is 104 Å². The van der Waals surface area contributed by atoms with Gasteiger partial charge in [-0.05, 0) is 78.8 Å². The molecule has 0 aliphatic heterocycles. The lowest BCUT2D eigenvalue weighted by Crippen LogP contribution is -2.23. The SMILES string of the molecule is O=C(NCc1ccco1)c1c(N=Cc2cccc(OCc3ccc(Cl)c(Cl)c3)c2)sc2c1CCCC2. The summed E-state index contributed by atoms with van der Waals surface area (Å²) in [7, 11) is 0. The van der Waals surface area contributed by atoms with Crippen molar-refractivity contribution in [3.63, 3.8) is 0 Å². The second-order valence-electron chi connectivity index (χ2n) is 8.52. The van der Waals surface area contributed by atoms with Crippen molar-refractivity contribution in [2.24, 2.45) is 4.99 Å². The minimum Gasteiger partial charge on any atom is -0.489 e. The van der Waals surface area contributed by atoms with Gasteiger partial charge in [0.2, 0.25) is 0 Å². The summed E-state index contributed by atoms with van der Waals surface area (Å²) in [6, 6.07) is 16.8. The highest BCUT2D eigenvalue weighted by atomic mass is 35.5. The van der Waals surface area contributed by atoms with Gasteiger partial charge in [0.1, 0.15) is 23.1 Å². The highest BCUT2D eigenvalue weighted by Crippen LogP contribution is 2.40. The van der Waals surface area contributed by atoms with E-state index in [2.05, 4.69) is 5.32 Å². The molecule has 1 N–H and O–H groups in total. The fourth-order valence-electron chi connectivity index (χ4n) is 4.16. The Morgan fingerprint density at radius 1 is 1.08 bits per heavy atom. The summed E-state index contributed by atoms with van der Waals surface area (Å²) in [5.41, 5.74) is 3.63. The molecule has 0 bridgehead atoms. The van der Waals surface area contributed by atoms with E-state index >= 15 is 0 Å². The zero-order chi connectivity index (χ0) is 24.9. The smallest absolute Gasteiger partial charge is 0.255 e. The van der Waals surface area contributed by atoms with E-state index < -0.39 is 0 Å². The van der Waals surface area contributed by atoms with Gasteiger partial charge in [-0.25, -0.2) is 4.99 Å². The number of carbonyl (C=O) groups excluding carboxylic acids is 1. The molecule has 2 aromatic heterocycles. The van der Waals surface area contributed by atoms with Crippen LogP contribution in [-0.4, -0.2) is 12.1 Å². The minimum atomic E-state index is -0.114. The first kappa shape index (κ1) is 24.6. The number of halogens is 2. The summed E-state index contributed by atoms with van der Waals surface area (Å²) in [4.78, 5) is 19.2. The summed E-state index contributed by atoms with van der Waals surface area (Å²) >= 11 is 13.7. The first-order valence-electron chi connectivity index (χ1n) is 11.7. The normalized spacial score (nSPS) is 13.1. The van der Waals surface area contributed by atoms with E-state index in [1.807, 2.05) is 42.5 Å². The third-order valence-electron chi connectivity index (χ3n) is 5.96. The van der Waals surface area contributed by atoms with Crippen LogP contribution in [0.15, 0.2) is 70.3 Å². The van der Waals surface area contributed by atoms with Crippen LogP contribution >= 0.6 is 34.5 Å². The van der Waals surface area contributed by atoms with Crippen molar-refractivity contribution in [2.45, 2.75) is 38.8 Å². The van der Waals surface area contributed by atoms with Crippen molar-refractivity contribution in [1.82, 2.24) is 5.32 Å². The molecule has 0 unspecified atom stereocenters. The molecule has 0 saturated heterocycles. The van der Waals surface area contributed by atoms with Gasteiger partial charge >= 0.3 is 0 Å². The van der Waals surface area contributed by atoms with Crippen LogP contribution in [-0.2, 0) is 26.0 Å². The van der Waals surface area contributed by atoms with Gasteiger partial charge in [0.25, 0.3) is 5.91 Å². The van der Waals surface area contributed by atoms with E-state index in [-0.39, 0.29) is 5.91 Å². The molecule has 0 saturated carbocycles. The molecule has 1 aliphatic carbocycles. The molecule has 2 aromatic carbocycles. The Hall–Kier alpha value is -3.06. The Morgan fingerprint density at radius 2 is 1.97 bits per heavy atom. The predicted octanol–water partition coefficient (Wildman–Crippen LogP) is 7.79. The summed E-state index contributed by atoms with van der Waals surface area (Å²) in [5, 5.41) is 4.74. The molecule has 0 fully saturated rings. The monoisotopic (exact) mass is 538 g/mol. The second-order valence-corrected chi connectivity index (χ2v) is 10.4. The van der Waals surface area contributed by atoms with Crippen molar-refractivity contribution < 1.29 is 13.9 Å². The lowest BCUT2D eigenvalue weighted by atomic mass is 9.95. The van der Waals surface area contributed by atoms with E-state index in [1.54, 1.807) is 35.9 Å². The number of furan rings is 1. The van der Waals surface area contributed by atoms with Gasteiger partial charge in [0.05, 0.1) is 28.4 Å². The number of thiophene rings is 1. The number of carbonyl (C=O) groups is 1. The lowest BCUT2D eigenvalue weighted by molar-refractivity contribution is 0.0948. The number of rotatable bonds is 8. The molecule has 184 valence electrons. The van der Waals surface area contributed by atoms with Gasteiger partial charge < -0.3 is 14.5 Å². The molecule has 0 atom stereocenters. The number of nitrogens with one attached hydrogen (secondary N) is 1. The van der Waals surface area contributed by atoms with Crippen LogP contribution < -0.4 is 10.1 Å². The number of hydrogen-bond acceptors (Lipinski definition) is 5. The Balaban J connectivity index is 1.32. The van der Waals surface area contributed by atoms with Crippen molar-refractivity contribution >= 4 is 51.7 Å². The van der Waals surface area contributed by atoms with E-state index in [0.717, 1.165) is 53.1 Å². The van der Waals surface area contributed by atoms with E-state index in [4.69, 9.17) is 37.3 Å². The summed E-state index contributed by atoms with van der Waals surface area (Å²) in [6.45, 7) is 0.715. The Morgan fingerprint density at radius 3 is 2.81 bits per heavy atom. The van der Waals surface area contributed by atoms with Gasteiger partial charge in [-0.3, -0.25) is 4.79 Å². The molecular formula is C28H24Cl2N2O3S. The molecule has 36 heavy (non-hydrogen) atoms. The maximum atomic E-state index is 13.2. The standard InChI is InChI=1S/C28H24Cl2N2O3S/c29-23-11-10-19(14-24(23)30)17-35-20-6-3-5-18(13-20)15-32-28-26(22-8-1-2-9-25(22)36-28)27(33)31-16-21-7-4-12-34-21/h3-7,10-15H,1-2,8-9,16-17H2,(H,31,33). The van der Waals surface area contributed by atoms with Gasteiger partial charge in [-0.15, -0.1) is 11.3 Å². The number of benzene rings is 2. The Bertz CT molecular complexity index is 1400. The Labute approximate surface area is 223 Å². The van der Waals surface area contributed by atoms with Crippen molar-refractivity contribution in [2.75, 3.05) is 0 Å². The third-order valence-corrected chi connectivity index (χ3v) is 7.90. The van der Waals surface area contributed by atoms with Gasteiger partial charge in [-0.1, -0.05) is 41.4 Å². The van der Waals surface area contributed by atoms with Gasteiger partial charge in [0.15, 0.2) is 0 Å². The molecule has 1 amide bonds. The highest BCUT2D eigenvalue weighted by molar-refractivity contribution is 7.16. The number of amides is 1. The average Bonchev–Trinajstić information content (AvgIpc) is 3.55. The zero-order valence-corrected chi connectivity index (χ0v) is 21.8. The van der Waals surface area contributed by atoms with Crippen LogP contribution in [0.2, 0.25) is 10.0 Å². The number of hydrogen-bond donors (Lipinski definition) is 1. The van der Waals surface area contributed by atoms with Crippen molar-refractivity contribution in [1.29, 1.82) is 0 Å². The molecule has 5 nitrogen and oxygen atoms in total. The van der Waals surface area contributed by atoms with Crippen LogP contribution in [0.25, 0.3) is 0 Å². The topological polar surface area (TPSA) is 63.8 Å². The van der Waals surface area contributed by atoms with Crippen LogP contribution in [0, 0.1) is 0 Å². The molecule has 5 rings (SSSR count). The van der Waals surface area contributed by atoms with Crippen LogP contribution in [0.4, 0.5) is 5.00 Å². The molecule has 1 aliphatic rings. The summed E-state index contributed by atoms with van der Waals surface area (Å²) < 4.78 is 11.3. The molecule has 4 aromatic rings. The maximum Gasteiger partial charge on any atom is 0.255 e. The molecule has 8 heteroatoms. The van der Waals surface area contributed by atoms with Crippen LogP contribution in [0.5, 0.6) is 5.75 Å². The highest BCUT2D eigenvalue weighted by Gasteiger charge is 2.25. The Kier molecular flexibility index (Phi) is 7.75. The largest absolute Gasteiger partial charge is 0.489 e. The number of aryl methyl sites for hydroxylation is 1.